The van der Waals surface area contributed by atoms with Gasteiger partial charge in [-0.05, 0) is 40.2 Å². The molecular weight excluding hydrogens is 484 g/mol. The Morgan fingerprint density at radius 1 is 0.939 bits per heavy atom. The van der Waals surface area contributed by atoms with Crippen molar-refractivity contribution in [1.82, 2.24) is 19.2 Å². The molecule has 0 N–H and O–H groups in total. The normalized spacial score (nSPS) is 10.9. The lowest BCUT2D eigenvalue weighted by Gasteiger charge is -2.06. The maximum atomic E-state index is 13.1. The molecule has 7 nitrogen and oxygen atoms in total. The van der Waals surface area contributed by atoms with Crippen LogP contribution in [0.15, 0.2) is 101 Å². The second kappa shape index (κ2) is 8.84. The van der Waals surface area contributed by atoms with Crippen LogP contribution in [-0.2, 0) is 11.3 Å². The van der Waals surface area contributed by atoms with Crippen LogP contribution in [0.4, 0.5) is 0 Å². The summed E-state index contributed by atoms with van der Waals surface area (Å²) in [6.07, 6.45) is 3.30. The number of aromatic nitrogens is 4. The number of rotatable bonds is 5. The number of esters is 1. The molecule has 2 aromatic carbocycles. The van der Waals surface area contributed by atoms with Gasteiger partial charge in [-0.1, -0.05) is 48.5 Å². The zero-order valence-electron chi connectivity index (χ0n) is 17.3. The fraction of sp³-hybridized carbons (Fsp3) is 0.0400. The molecule has 0 aliphatic rings. The van der Waals surface area contributed by atoms with Crippen LogP contribution in [0.25, 0.3) is 22.6 Å². The number of pyridine rings is 1. The Morgan fingerprint density at radius 2 is 1.67 bits per heavy atom. The van der Waals surface area contributed by atoms with Gasteiger partial charge in [-0.15, -0.1) is 0 Å². The molecule has 5 aromatic rings. The lowest BCUT2D eigenvalue weighted by Crippen LogP contribution is -2.16. The monoisotopic (exact) mass is 500 g/mol. The van der Waals surface area contributed by atoms with Gasteiger partial charge in [0.2, 0.25) is 0 Å². The lowest BCUT2D eigenvalue weighted by atomic mass is 10.1. The number of fused-ring (bicyclic) bond motifs is 1. The second-order valence-corrected chi connectivity index (χ2v) is 8.19. The van der Waals surface area contributed by atoms with Crippen molar-refractivity contribution in [2.24, 2.45) is 0 Å². The number of hydrogen-bond acceptors (Lipinski definition) is 5. The van der Waals surface area contributed by atoms with Gasteiger partial charge in [0.15, 0.2) is 0 Å². The summed E-state index contributed by atoms with van der Waals surface area (Å²) in [5.74, 6) is -0.547. The van der Waals surface area contributed by atoms with E-state index in [-0.39, 0.29) is 12.2 Å². The Morgan fingerprint density at radius 3 is 2.42 bits per heavy atom. The molecule has 3 heterocycles. The summed E-state index contributed by atoms with van der Waals surface area (Å²) in [6.45, 7) is -0.134. The molecule has 0 radical (unpaired) electrons. The molecule has 0 saturated carbocycles. The molecule has 0 aliphatic carbocycles. The average molecular weight is 501 g/mol. The number of nitrogens with zero attached hydrogens (tertiary/aromatic N) is 4. The van der Waals surface area contributed by atoms with E-state index >= 15 is 0 Å². The Kier molecular flexibility index (Phi) is 5.58. The van der Waals surface area contributed by atoms with Gasteiger partial charge >= 0.3 is 5.97 Å². The molecule has 0 spiro atoms. The summed E-state index contributed by atoms with van der Waals surface area (Å²) >= 11 is 3.34. The van der Waals surface area contributed by atoms with Crippen LogP contribution in [-0.4, -0.2) is 25.1 Å². The third kappa shape index (κ3) is 4.33. The molecule has 0 fully saturated rings. The molecule has 8 heteroatoms. The lowest BCUT2D eigenvalue weighted by molar-refractivity contribution is 0.0468. The summed E-state index contributed by atoms with van der Waals surface area (Å²) < 4.78 is 9.38. The van der Waals surface area contributed by atoms with Crippen molar-refractivity contribution in [3.63, 3.8) is 0 Å². The molecule has 0 aliphatic heterocycles. The predicted molar refractivity (Wildman–Crippen MR) is 127 cm³/mol. The van der Waals surface area contributed by atoms with Crippen LogP contribution < -0.4 is 5.56 Å². The van der Waals surface area contributed by atoms with E-state index in [2.05, 4.69) is 26.0 Å². The van der Waals surface area contributed by atoms with Crippen LogP contribution in [0.1, 0.15) is 16.1 Å². The first-order valence-corrected chi connectivity index (χ1v) is 10.9. The first-order chi connectivity index (χ1) is 16.1. The summed E-state index contributed by atoms with van der Waals surface area (Å²) in [5, 5.41) is 4.63. The highest BCUT2D eigenvalue weighted by Gasteiger charge is 2.20. The zero-order valence-corrected chi connectivity index (χ0v) is 18.8. The molecule has 0 atom stereocenters. The van der Waals surface area contributed by atoms with Crippen LogP contribution in [0.5, 0.6) is 0 Å². The number of carbonyl (C=O) groups is 1. The van der Waals surface area contributed by atoms with E-state index in [0.717, 1.165) is 15.7 Å². The number of para-hydroxylation sites is 1. The number of carbonyl (C=O) groups excluding carboxylic acids is 1. The molecule has 162 valence electrons. The van der Waals surface area contributed by atoms with Gasteiger partial charge in [-0.3, -0.25) is 9.20 Å². The Hall–Kier alpha value is -4.04. The third-order valence-electron chi connectivity index (χ3n) is 5.03. The van der Waals surface area contributed by atoms with Crippen molar-refractivity contribution in [2.45, 2.75) is 6.61 Å². The van der Waals surface area contributed by atoms with Crippen LogP contribution in [0, 0.1) is 0 Å². The Labute approximate surface area is 197 Å². The molecule has 0 amide bonds. The van der Waals surface area contributed by atoms with Crippen molar-refractivity contribution < 1.29 is 9.53 Å². The maximum absolute atomic E-state index is 13.1. The number of halogens is 1. The largest absolute Gasteiger partial charge is 0.455 e. The fourth-order valence-electron chi connectivity index (χ4n) is 3.46. The van der Waals surface area contributed by atoms with Crippen molar-refractivity contribution in [3.05, 3.63) is 117 Å². The summed E-state index contributed by atoms with van der Waals surface area (Å²) in [4.78, 5) is 29.9. The standard InChI is InChI=1S/C25H17BrN4O3/c26-18-11-12-22-27-19(13-23(31)29(22)14-18)16-33-25(32)21-15-30(20-9-5-2-6-10-20)28-24(21)17-7-3-1-4-8-17/h1-15H,16H2. The highest BCUT2D eigenvalue weighted by atomic mass is 79.9. The smallest absolute Gasteiger partial charge is 0.342 e. The van der Waals surface area contributed by atoms with Gasteiger partial charge in [0.25, 0.3) is 5.56 Å². The topological polar surface area (TPSA) is 78.5 Å². The van der Waals surface area contributed by atoms with Crippen molar-refractivity contribution >= 4 is 27.5 Å². The summed E-state index contributed by atoms with van der Waals surface area (Å²) in [7, 11) is 0. The van der Waals surface area contributed by atoms with Crippen LogP contribution in [0.3, 0.4) is 0 Å². The van der Waals surface area contributed by atoms with Crippen LogP contribution >= 0.6 is 15.9 Å². The predicted octanol–water partition coefficient (Wildman–Crippen LogP) is 4.67. The quantitative estimate of drug-likeness (QED) is 0.327. The minimum atomic E-state index is -0.547. The summed E-state index contributed by atoms with van der Waals surface area (Å²) in [5.41, 5.74) is 3.04. The van der Waals surface area contributed by atoms with Crippen LogP contribution in [0.2, 0.25) is 0 Å². The van der Waals surface area contributed by atoms with Crippen molar-refractivity contribution in [1.29, 1.82) is 0 Å². The molecule has 33 heavy (non-hydrogen) atoms. The number of benzene rings is 2. The van der Waals surface area contributed by atoms with Gasteiger partial charge in [0.1, 0.15) is 23.5 Å². The molecule has 0 saturated heterocycles. The van der Waals surface area contributed by atoms with E-state index in [9.17, 15) is 9.59 Å². The summed E-state index contributed by atoms with van der Waals surface area (Å²) in [6, 6.07) is 23.8. The van der Waals surface area contributed by atoms with E-state index in [0.29, 0.717) is 22.6 Å². The van der Waals surface area contributed by atoms with E-state index in [1.54, 1.807) is 29.2 Å². The second-order valence-electron chi connectivity index (χ2n) is 7.27. The van der Waals surface area contributed by atoms with Gasteiger partial charge in [-0.25, -0.2) is 14.5 Å². The Balaban J connectivity index is 1.46. The first kappa shape index (κ1) is 20.8. The van der Waals surface area contributed by atoms with Gasteiger partial charge in [-0.2, -0.15) is 5.10 Å². The third-order valence-corrected chi connectivity index (χ3v) is 5.50. The van der Waals surface area contributed by atoms with E-state index in [4.69, 9.17) is 4.74 Å². The molecular formula is C25H17BrN4O3. The zero-order chi connectivity index (χ0) is 22.8. The highest BCUT2D eigenvalue weighted by Crippen LogP contribution is 2.24. The molecule has 0 unspecified atom stereocenters. The first-order valence-electron chi connectivity index (χ1n) is 10.1. The molecule has 0 bridgehead atoms. The van der Waals surface area contributed by atoms with Crippen molar-refractivity contribution in [2.75, 3.05) is 0 Å². The van der Waals surface area contributed by atoms with E-state index in [1.165, 1.54) is 10.5 Å². The number of hydrogen-bond donors (Lipinski definition) is 0. The minimum Gasteiger partial charge on any atom is -0.455 e. The average Bonchev–Trinajstić information content (AvgIpc) is 3.30. The van der Waals surface area contributed by atoms with E-state index < -0.39 is 5.97 Å². The Bertz CT molecular complexity index is 1510. The van der Waals surface area contributed by atoms with Crippen molar-refractivity contribution in [3.8, 4) is 16.9 Å². The molecule has 3 aromatic heterocycles. The fourth-order valence-corrected chi connectivity index (χ4v) is 3.80. The SMILES string of the molecule is O=C(OCc1cc(=O)n2cc(Br)ccc2n1)c1cn(-c2ccccc2)nc1-c1ccccc1. The number of ether oxygens (including phenoxy) is 1. The molecule has 5 rings (SSSR count). The van der Waals surface area contributed by atoms with Gasteiger partial charge in [0, 0.05) is 28.5 Å². The van der Waals surface area contributed by atoms with E-state index in [1.807, 2.05) is 60.7 Å². The van der Waals surface area contributed by atoms with Gasteiger partial charge < -0.3 is 4.74 Å². The maximum Gasteiger partial charge on any atom is 0.342 e. The highest BCUT2D eigenvalue weighted by molar-refractivity contribution is 9.10. The minimum absolute atomic E-state index is 0.134. The van der Waals surface area contributed by atoms with Gasteiger partial charge in [0.05, 0.1) is 11.4 Å².